The van der Waals surface area contributed by atoms with Gasteiger partial charge in [0.15, 0.2) is 0 Å². The largest absolute Gasteiger partial charge is 0.756 e. The number of aliphatic hydroxyl groups is 3. The molecule has 1 unspecified atom stereocenters. The van der Waals surface area contributed by atoms with Crippen LogP contribution in [0.1, 0.15) is 28.2 Å². The maximum atomic E-state index is 11.4. The molecular weight excluding hydrogens is 1080 g/mol. The van der Waals surface area contributed by atoms with E-state index in [1.54, 1.807) is 6.92 Å². The third-order valence-electron chi connectivity index (χ3n) is 5.81. The molecule has 0 aromatic carbocycles. The summed E-state index contributed by atoms with van der Waals surface area (Å²) in [6, 6.07) is 0. The molecule has 68 heavy (non-hydrogen) atoms. The van der Waals surface area contributed by atoms with Gasteiger partial charge in [0, 0.05) is 39.2 Å². The number of rotatable bonds is 18. The summed E-state index contributed by atoms with van der Waals surface area (Å²) in [5, 5.41) is 23.4. The fourth-order valence-electron chi connectivity index (χ4n) is 2.86. The molecule has 4 aliphatic heterocycles. The van der Waals surface area contributed by atoms with Gasteiger partial charge in [-0.2, -0.15) is 0 Å². The van der Waals surface area contributed by atoms with E-state index in [1.165, 1.54) is 13.8 Å². The number of esters is 3. The Morgan fingerprint density at radius 1 is 0.618 bits per heavy atom. The second kappa shape index (κ2) is 41.7. The van der Waals surface area contributed by atoms with Crippen molar-refractivity contribution in [3.63, 3.8) is 0 Å². The Morgan fingerprint density at radius 2 is 0.956 bits per heavy atom. The minimum atomic E-state index is -4.34. The van der Waals surface area contributed by atoms with Crippen LogP contribution in [0.2, 0.25) is 0 Å². The van der Waals surface area contributed by atoms with Crippen molar-refractivity contribution in [3.05, 3.63) is 36.5 Å². The van der Waals surface area contributed by atoms with Crippen molar-refractivity contribution in [3.8, 4) is 0 Å². The first-order valence-electron chi connectivity index (χ1n) is 19.1. The summed E-state index contributed by atoms with van der Waals surface area (Å²) >= 11 is 15.5. The van der Waals surface area contributed by atoms with Crippen molar-refractivity contribution >= 4 is 88.9 Å². The van der Waals surface area contributed by atoms with Crippen LogP contribution >= 0.6 is 71.0 Å². The Kier molecular flexibility index (Phi) is 45.2. The topological polar surface area (TPSA) is 332 Å². The van der Waals surface area contributed by atoms with Crippen LogP contribution in [-0.4, -0.2) is 178 Å². The van der Waals surface area contributed by atoms with E-state index in [0.717, 1.165) is 0 Å². The molecule has 34 heteroatoms. The highest BCUT2D eigenvalue weighted by molar-refractivity contribution is 7.81. The number of aliphatic hydroxyl groups excluding tert-OH is 3. The zero-order chi connectivity index (χ0) is 52.2. The Balaban J connectivity index is -0.000000371. The molecule has 0 saturated carbocycles. The van der Waals surface area contributed by atoms with E-state index < -0.39 is 55.2 Å². The molecule has 0 aliphatic carbocycles. The maximum Gasteiger partial charge on any atom is 0.475 e. The number of ether oxygens (including phenoxy) is 3. The van der Waals surface area contributed by atoms with Gasteiger partial charge >= 0.3 is 39.6 Å². The molecular formula is C34H67Cl3NO25P5. The molecule has 4 fully saturated rings. The van der Waals surface area contributed by atoms with E-state index >= 15 is 0 Å². The average Bonchev–Trinajstić information content (AvgIpc) is 4.08. The molecule has 0 radical (unpaired) electrons. The summed E-state index contributed by atoms with van der Waals surface area (Å²) < 4.78 is 109. The van der Waals surface area contributed by atoms with Gasteiger partial charge < -0.3 is 57.0 Å². The van der Waals surface area contributed by atoms with Gasteiger partial charge in [0.1, 0.15) is 33.0 Å². The van der Waals surface area contributed by atoms with Gasteiger partial charge in [-0.3, -0.25) is 36.2 Å². The Bertz CT molecular complexity index is 1590. The molecule has 4 rings (SSSR count). The number of phosphoric ester groups is 2. The summed E-state index contributed by atoms with van der Waals surface area (Å²) in [6.45, 7) is 11.5. The number of quaternary nitrogens is 1. The van der Waals surface area contributed by atoms with Crippen LogP contribution in [0.4, 0.5) is 0 Å². The van der Waals surface area contributed by atoms with Crippen molar-refractivity contribution in [1.82, 2.24) is 0 Å². The SMILES string of the molecule is C.C=C(C)C(=O)OCCO.C=C(C)C(=O)OCCOP(=O)([O-])OCC[N+](C)(C)C.C=C(C)C(=O)OCCOP1(=O)OCCO1.ClP1OCCO1.O=P1(Cl)OCCO1.O=P1(Cl)OCCO1.OCCO. The molecule has 0 amide bonds. The van der Waals surface area contributed by atoms with E-state index in [-0.39, 0.29) is 85.7 Å². The summed E-state index contributed by atoms with van der Waals surface area (Å²) in [6.07, 6.45) is 0. The van der Waals surface area contributed by atoms with Crippen molar-refractivity contribution < 1.29 is 121 Å². The van der Waals surface area contributed by atoms with E-state index in [4.69, 9.17) is 76.4 Å². The molecule has 4 heterocycles. The molecule has 404 valence electrons. The summed E-state index contributed by atoms with van der Waals surface area (Å²) in [7, 11) is -2.96. The lowest BCUT2D eigenvalue weighted by atomic mass is 10.4. The first-order chi connectivity index (χ1) is 31.0. The smallest absolute Gasteiger partial charge is 0.475 e. The quantitative estimate of drug-likeness (QED) is 0.0378. The number of likely N-dealkylation sites (N-methyl/N-ethyl adjacent to an activating group) is 1. The fourth-order valence-corrected chi connectivity index (χ4v) is 7.73. The highest BCUT2D eigenvalue weighted by Crippen LogP contribution is 2.57. The third kappa shape index (κ3) is 48.8. The van der Waals surface area contributed by atoms with Gasteiger partial charge in [-0.15, -0.1) is 0 Å². The van der Waals surface area contributed by atoms with Gasteiger partial charge in [-0.05, 0) is 32.0 Å². The summed E-state index contributed by atoms with van der Waals surface area (Å²) in [5.74, 6) is -1.55. The monoisotopic (exact) mass is 1150 g/mol. The van der Waals surface area contributed by atoms with E-state index in [1.807, 2.05) is 21.1 Å². The van der Waals surface area contributed by atoms with Crippen molar-refractivity contribution in [2.24, 2.45) is 0 Å². The first-order valence-corrected chi connectivity index (χ1v) is 29.0. The van der Waals surface area contributed by atoms with Crippen LogP contribution in [0.3, 0.4) is 0 Å². The molecule has 4 aliphatic rings. The van der Waals surface area contributed by atoms with Gasteiger partial charge in [0.05, 0.1) is 107 Å². The number of halogens is 3. The van der Waals surface area contributed by atoms with Gasteiger partial charge in [-0.25, -0.2) is 28.1 Å². The second-order valence-electron chi connectivity index (χ2n) is 13.1. The minimum absolute atomic E-state index is 0. The normalized spacial score (nSPS) is 17.9. The molecule has 4 saturated heterocycles. The molecule has 0 aromatic rings. The molecule has 0 bridgehead atoms. The van der Waals surface area contributed by atoms with Gasteiger partial charge in [0.25, 0.3) is 15.6 Å². The number of phosphoric acid groups is 2. The number of carbonyl (C=O) groups is 3. The molecule has 3 N–H and O–H groups in total. The lowest BCUT2D eigenvalue weighted by Crippen LogP contribution is -2.37. The molecule has 0 aromatic heterocycles. The lowest BCUT2D eigenvalue weighted by Gasteiger charge is -2.27. The number of hydrogen-bond acceptors (Lipinski definition) is 25. The van der Waals surface area contributed by atoms with Crippen LogP contribution in [0, 0.1) is 0 Å². The van der Waals surface area contributed by atoms with Crippen molar-refractivity contribution in [1.29, 1.82) is 0 Å². The van der Waals surface area contributed by atoms with E-state index in [2.05, 4.69) is 56.4 Å². The zero-order valence-corrected chi connectivity index (χ0v) is 44.7. The van der Waals surface area contributed by atoms with Crippen molar-refractivity contribution in [2.75, 3.05) is 140 Å². The van der Waals surface area contributed by atoms with Gasteiger partial charge in [-0.1, -0.05) is 27.2 Å². The summed E-state index contributed by atoms with van der Waals surface area (Å²) in [4.78, 5) is 43.7. The number of nitrogens with zero attached hydrogens (tertiary/aromatic N) is 1. The Hall–Kier alpha value is -0.790. The number of hydrogen-bond donors (Lipinski definition) is 3. The highest BCUT2D eigenvalue weighted by Gasteiger charge is 2.32. The summed E-state index contributed by atoms with van der Waals surface area (Å²) in [5.41, 5.74) is 0.892. The molecule has 1 atom stereocenters. The standard InChI is InChI=1S/C11H22NO6P.C8H13O6P.C6H10O3.2C2H4ClO3P.C2H4ClO2P.C2H6O2.CH4/c1-10(2)11(13)16-8-9-18-19(14,15)17-7-6-12(3,4)5;1-7(2)8(9)11-3-4-12-15(10)13-5-6-14-15;1-5(2)6(8)9-4-3-7;2*3-7(4)5-1-2-6-7;3-6-4-1-2-5-6;3-1-2-4;/h1,6-9H2,2-5H3;1,3-6H2,2H3;7H,1,3-4H2,2H3;2*1-2H2;1-2H2;3-4H,1-2H2;1H4. The first kappa shape index (κ1) is 73.7. The fraction of sp³-hybridized carbons (Fsp3) is 0.735. The Labute approximate surface area is 413 Å². The van der Waals surface area contributed by atoms with Crippen LogP contribution in [-0.2, 0) is 96.6 Å². The molecule has 26 nitrogen and oxygen atoms in total. The second-order valence-corrected chi connectivity index (χ2v) is 23.2. The predicted octanol–water partition coefficient (Wildman–Crippen LogP) is 5.55. The van der Waals surface area contributed by atoms with Crippen LogP contribution in [0.5, 0.6) is 0 Å². The number of carbonyl (C=O) groups excluding carboxylic acids is 3. The van der Waals surface area contributed by atoms with Crippen LogP contribution in [0.25, 0.3) is 0 Å². The average molecular weight is 1150 g/mol. The van der Waals surface area contributed by atoms with Gasteiger partial charge in [0.2, 0.25) is 0 Å². The zero-order valence-electron chi connectivity index (χ0n) is 38.0. The minimum Gasteiger partial charge on any atom is -0.756 e. The predicted molar refractivity (Wildman–Crippen MR) is 249 cm³/mol. The maximum absolute atomic E-state index is 11.4. The third-order valence-corrected chi connectivity index (χ3v) is 12.8. The van der Waals surface area contributed by atoms with Crippen LogP contribution in [0.15, 0.2) is 36.5 Å². The Morgan fingerprint density at radius 3 is 1.24 bits per heavy atom. The molecule has 0 spiro atoms. The highest BCUT2D eigenvalue weighted by atomic mass is 35.7. The van der Waals surface area contributed by atoms with E-state index in [0.29, 0.717) is 61.8 Å². The van der Waals surface area contributed by atoms with Crippen molar-refractivity contribution in [2.45, 2.75) is 28.2 Å². The van der Waals surface area contributed by atoms with E-state index in [9.17, 15) is 37.5 Å². The van der Waals surface area contributed by atoms with Crippen LogP contribution < -0.4 is 4.89 Å². The lowest BCUT2D eigenvalue weighted by molar-refractivity contribution is -0.870.